The highest BCUT2D eigenvalue weighted by molar-refractivity contribution is 7.14. The van der Waals surface area contributed by atoms with Gasteiger partial charge >= 0.3 is 6.03 Å². The molecule has 3 rings (SSSR count). The third-order valence-electron chi connectivity index (χ3n) is 3.52. The van der Waals surface area contributed by atoms with E-state index < -0.39 is 6.03 Å². The minimum Gasteiger partial charge on any atom is -0.497 e. The molecule has 0 atom stereocenters. The van der Waals surface area contributed by atoms with Crippen molar-refractivity contribution in [3.8, 4) is 22.8 Å². The number of carbonyl (C=O) groups is 1. The van der Waals surface area contributed by atoms with Crippen molar-refractivity contribution in [2.24, 2.45) is 0 Å². The molecule has 2 aromatic carbocycles. The van der Waals surface area contributed by atoms with Gasteiger partial charge in [0.2, 0.25) is 0 Å². The Kier molecular flexibility index (Phi) is 5.33. The van der Waals surface area contributed by atoms with Gasteiger partial charge in [-0.05, 0) is 36.4 Å². The number of amides is 2. The number of nitrogens with zero attached hydrogens (tertiary/aromatic N) is 1. The Morgan fingerprint density at radius 2 is 1.85 bits per heavy atom. The third kappa shape index (κ3) is 4.09. The Morgan fingerprint density at radius 3 is 2.54 bits per heavy atom. The van der Waals surface area contributed by atoms with Crippen LogP contribution >= 0.6 is 11.3 Å². The fourth-order valence-electron chi connectivity index (χ4n) is 2.24. The molecule has 6 nitrogen and oxygen atoms in total. The summed E-state index contributed by atoms with van der Waals surface area (Å²) in [6.07, 6.45) is 0. The van der Waals surface area contributed by atoms with Gasteiger partial charge < -0.3 is 14.8 Å². The van der Waals surface area contributed by atoms with Gasteiger partial charge in [0.15, 0.2) is 5.13 Å². The predicted octanol–water partition coefficient (Wildman–Crippen LogP) is 4.61. The smallest absolute Gasteiger partial charge is 0.325 e. The Morgan fingerprint density at radius 1 is 1.08 bits per heavy atom. The van der Waals surface area contributed by atoms with E-state index in [1.54, 1.807) is 42.8 Å². The molecule has 0 unspecified atom stereocenters. The molecule has 0 saturated heterocycles. The summed E-state index contributed by atoms with van der Waals surface area (Å²) in [6, 6.07) is 10.6. The van der Waals surface area contributed by atoms with Gasteiger partial charge in [-0.25, -0.2) is 14.2 Å². The molecule has 0 saturated carbocycles. The number of hydrogen-bond acceptors (Lipinski definition) is 5. The number of benzene rings is 2. The Balaban J connectivity index is 1.68. The molecule has 1 heterocycles. The number of thiazole rings is 1. The monoisotopic (exact) mass is 373 g/mol. The van der Waals surface area contributed by atoms with Crippen LogP contribution in [-0.4, -0.2) is 25.2 Å². The quantitative estimate of drug-likeness (QED) is 0.685. The lowest BCUT2D eigenvalue weighted by Crippen LogP contribution is -2.19. The molecule has 0 aliphatic rings. The number of urea groups is 1. The van der Waals surface area contributed by atoms with Gasteiger partial charge in [-0.15, -0.1) is 11.3 Å². The average molecular weight is 373 g/mol. The molecule has 0 aliphatic heterocycles. The van der Waals surface area contributed by atoms with Crippen LogP contribution in [0.3, 0.4) is 0 Å². The van der Waals surface area contributed by atoms with Gasteiger partial charge in [0.05, 0.1) is 25.6 Å². The van der Waals surface area contributed by atoms with Crippen LogP contribution in [0.5, 0.6) is 11.5 Å². The van der Waals surface area contributed by atoms with E-state index in [0.29, 0.717) is 28.0 Å². The van der Waals surface area contributed by atoms with Crippen molar-refractivity contribution >= 4 is 28.2 Å². The number of carbonyl (C=O) groups excluding carboxylic acids is 1. The Bertz CT molecular complexity index is 912. The highest BCUT2D eigenvalue weighted by Gasteiger charge is 2.11. The Hall–Kier alpha value is -3.13. The number of hydrogen-bond donors (Lipinski definition) is 2. The van der Waals surface area contributed by atoms with E-state index in [0.717, 1.165) is 5.56 Å². The Labute approximate surface area is 153 Å². The number of aromatic nitrogens is 1. The maximum Gasteiger partial charge on any atom is 0.325 e. The number of ether oxygens (including phenoxy) is 2. The van der Waals surface area contributed by atoms with Gasteiger partial charge in [-0.2, -0.15) is 0 Å². The summed E-state index contributed by atoms with van der Waals surface area (Å²) in [5.41, 5.74) is 1.93. The molecule has 134 valence electrons. The molecule has 8 heteroatoms. The first-order chi connectivity index (χ1) is 12.6. The van der Waals surface area contributed by atoms with Crippen LogP contribution in [0.4, 0.5) is 20.0 Å². The molecule has 2 amide bonds. The molecule has 2 N–H and O–H groups in total. The van der Waals surface area contributed by atoms with E-state index in [-0.39, 0.29) is 5.82 Å². The second kappa shape index (κ2) is 7.83. The molecule has 0 fully saturated rings. The summed E-state index contributed by atoms with van der Waals surface area (Å²) < 4.78 is 23.4. The van der Waals surface area contributed by atoms with E-state index in [1.807, 2.05) is 0 Å². The normalized spacial score (nSPS) is 10.3. The molecule has 0 spiro atoms. The van der Waals surface area contributed by atoms with Crippen molar-refractivity contribution in [3.63, 3.8) is 0 Å². The average Bonchev–Trinajstić information content (AvgIpc) is 3.11. The van der Waals surface area contributed by atoms with E-state index in [4.69, 9.17) is 9.47 Å². The van der Waals surface area contributed by atoms with Crippen molar-refractivity contribution in [1.82, 2.24) is 4.98 Å². The van der Waals surface area contributed by atoms with Gasteiger partial charge in [0.25, 0.3) is 0 Å². The van der Waals surface area contributed by atoms with E-state index in [9.17, 15) is 9.18 Å². The van der Waals surface area contributed by atoms with Crippen molar-refractivity contribution in [2.75, 3.05) is 24.9 Å². The van der Waals surface area contributed by atoms with Crippen LogP contribution in [0.15, 0.2) is 47.8 Å². The van der Waals surface area contributed by atoms with Crippen LogP contribution in [0.25, 0.3) is 11.3 Å². The molecule has 1 aromatic heterocycles. The highest BCUT2D eigenvalue weighted by atomic mass is 32.1. The van der Waals surface area contributed by atoms with Crippen molar-refractivity contribution in [1.29, 1.82) is 0 Å². The zero-order valence-electron chi connectivity index (χ0n) is 14.1. The summed E-state index contributed by atoms with van der Waals surface area (Å²) in [4.78, 5) is 16.5. The summed E-state index contributed by atoms with van der Waals surface area (Å²) in [5, 5.41) is 7.59. The van der Waals surface area contributed by atoms with E-state index in [2.05, 4.69) is 15.6 Å². The van der Waals surface area contributed by atoms with Gasteiger partial charge in [0.1, 0.15) is 17.3 Å². The van der Waals surface area contributed by atoms with E-state index in [1.165, 1.54) is 30.6 Å². The minimum atomic E-state index is -0.450. The molecule has 26 heavy (non-hydrogen) atoms. The first-order valence-electron chi connectivity index (χ1n) is 7.60. The zero-order valence-corrected chi connectivity index (χ0v) is 14.9. The lowest BCUT2D eigenvalue weighted by molar-refractivity contribution is 0.262. The fourth-order valence-corrected chi connectivity index (χ4v) is 2.95. The number of methoxy groups -OCH3 is 2. The van der Waals surface area contributed by atoms with Crippen LogP contribution in [-0.2, 0) is 0 Å². The van der Waals surface area contributed by atoms with Crippen molar-refractivity contribution in [3.05, 3.63) is 53.7 Å². The maximum absolute atomic E-state index is 13.0. The predicted molar refractivity (Wildman–Crippen MR) is 99.7 cm³/mol. The van der Waals surface area contributed by atoms with E-state index >= 15 is 0 Å². The topological polar surface area (TPSA) is 72.5 Å². The zero-order chi connectivity index (χ0) is 18.5. The van der Waals surface area contributed by atoms with Crippen LogP contribution in [0.2, 0.25) is 0 Å². The van der Waals surface area contributed by atoms with Crippen LogP contribution in [0.1, 0.15) is 0 Å². The largest absolute Gasteiger partial charge is 0.497 e. The first kappa shape index (κ1) is 17.7. The lowest BCUT2D eigenvalue weighted by Gasteiger charge is -2.11. The summed E-state index contributed by atoms with van der Waals surface area (Å²) >= 11 is 1.28. The van der Waals surface area contributed by atoms with Crippen LogP contribution in [0, 0.1) is 5.82 Å². The summed E-state index contributed by atoms with van der Waals surface area (Å²) in [6.45, 7) is 0. The number of halogens is 1. The second-order valence-electron chi connectivity index (χ2n) is 5.19. The van der Waals surface area contributed by atoms with Gasteiger partial charge in [-0.3, -0.25) is 5.32 Å². The van der Waals surface area contributed by atoms with Crippen LogP contribution < -0.4 is 20.1 Å². The second-order valence-corrected chi connectivity index (χ2v) is 6.05. The van der Waals surface area contributed by atoms with Crippen molar-refractivity contribution in [2.45, 2.75) is 0 Å². The molecule has 3 aromatic rings. The molecular formula is C18H16FN3O3S. The fraction of sp³-hybridized carbons (Fsp3) is 0.111. The van der Waals surface area contributed by atoms with Crippen molar-refractivity contribution < 1.29 is 18.7 Å². The minimum absolute atomic E-state index is 0.310. The van der Waals surface area contributed by atoms with Gasteiger partial charge in [0, 0.05) is 17.0 Å². The number of nitrogens with one attached hydrogen (secondary N) is 2. The lowest BCUT2D eigenvalue weighted by atomic mass is 10.2. The third-order valence-corrected chi connectivity index (χ3v) is 4.28. The molecule has 0 radical (unpaired) electrons. The molecule has 0 aliphatic carbocycles. The summed E-state index contributed by atoms with van der Waals surface area (Å²) in [5.74, 6) is 0.789. The number of rotatable bonds is 5. The SMILES string of the molecule is COc1ccc(NC(=O)Nc2nc(-c3ccc(F)cc3)cs2)c(OC)c1. The summed E-state index contributed by atoms with van der Waals surface area (Å²) in [7, 11) is 3.06. The molecular weight excluding hydrogens is 357 g/mol. The maximum atomic E-state index is 13.0. The first-order valence-corrected chi connectivity index (χ1v) is 8.48. The van der Waals surface area contributed by atoms with Gasteiger partial charge in [-0.1, -0.05) is 0 Å². The highest BCUT2D eigenvalue weighted by Crippen LogP contribution is 2.29. The number of anilines is 2. The molecule has 0 bridgehead atoms. The standard InChI is InChI=1S/C18H16FN3O3S/c1-24-13-7-8-14(16(9-13)25-2)20-17(23)22-18-21-15(10-26-18)11-3-5-12(19)6-4-11/h3-10H,1-2H3,(H2,20,21,22,23).